The van der Waals surface area contributed by atoms with Crippen molar-refractivity contribution in [3.63, 3.8) is 0 Å². The Labute approximate surface area is 148 Å². The van der Waals surface area contributed by atoms with Gasteiger partial charge < -0.3 is 10.0 Å². The second kappa shape index (κ2) is 6.00. The van der Waals surface area contributed by atoms with Gasteiger partial charge in [-0.1, -0.05) is 18.2 Å². The van der Waals surface area contributed by atoms with Crippen molar-refractivity contribution < 1.29 is 14.7 Å². The van der Waals surface area contributed by atoms with Crippen LogP contribution in [-0.2, 0) is 4.79 Å². The Morgan fingerprint density at radius 1 is 1.28 bits per heavy atom. The summed E-state index contributed by atoms with van der Waals surface area (Å²) in [7, 11) is 0. The third-order valence-corrected chi connectivity index (χ3v) is 5.68. The third-order valence-electron chi connectivity index (χ3n) is 4.58. The van der Waals surface area contributed by atoms with E-state index in [1.165, 1.54) is 11.3 Å². The number of carboxylic acids is 1. The maximum absolute atomic E-state index is 12.8. The minimum atomic E-state index is -0.831. The largest absolute Gasteiger partial charge is 0.481 e. The van der Waals surface area contributed by atoms with Gasteiger partial charge in [-0.2, -0.15) is 5.10 Å². The molecule has 4 rings (SSSR count). The van der Waals surface area contributed by atoms with Gasteiger partial charge in [0.25, 0.3) is 5.91 Å². The van der Waals surface area contributed by atoms with Gasteiger partial charge in [0, 0.05) is 18.5 Å². The lowest BCUT2D eigenvalue weighted by atomic mass is 10.1. The Morgan fingerprint density at radius 2 is 2.04 bits per heavy atom. The van der Waals surface area contributed by atoms with Gasteiger partial charge in [-0.25, -0.2) is 4.68 Å². The van der Waals surface area contributed by atoms with Crippen LogP contribution in [0, 0.1) is 12.8 Å². The molecule has 0 spiro atoms. The zero-order valence-corrected chi connectivity index (χ0v) is 14.5. The average molecular weight is 355 g/mol. The fourth-order valence-corrected chi connectivity index (χ4v) is 4.35. The molecule has 0 aliphatic carbocycles. The summed E-state index contributed by atoms with van der Waals surface area (Å²) >= 11 is 1.41. The quantitative estimate of drug-likeness (QED) is 0.784. The Hall–Kier alpha value is -2.67. The number of carbonyl (C=O) groups excluding carboxylic acids is 1. The van der Waals surface area contributed by atoms with Crippen molar-refractivity contribution in [1.29, 1.82) is 0 Å². The maximum Gasteiger partial charge on any atom is 0.308 e. The Balaban J connectivity index is 1.68. The third kappa shape index (κ3) is 2.70. The summed E-state index contributed by atoms with van der Waals surface area (Å²) in [5, 5.41) is 14.7. The van der Waals surface area contributed by atoms with E-state index in [4.69, 9.17) is 5.11 Å². The highest BCUT2D eigenvalue weighted by atomic mass is 32.1. The van der Waals surface area contributed by atoms with Gasteiger partial charge in [0.15, 0.2) is 0 Å². The van der Waals surface area contributed by atoms with Crippen LogP contribution in [0.25, 0.3) is 15.9 Å². The number of para-hydroxylation sites is 1. The van der Waals surface area contributed by atoms with E-state index in [0.717, 1.165) is 21.6 Å². The van der Waals surface area contributed by atoms with Crippen molar-refractivity contribution in [3.05, 3.63) is 47.0 Å². The summed E-state index contributed by atoms with van der Waals surface area (Å²) in [5.41, 5.74) is 1.83. The number of fused-ring (bicyclic) bond motifs is 1. The van der Waals surface area contributed by atoms with Crippen molar-refractivity contribution in [2.45, 2.75) is 13.3 Å². The number of hydrogen-bond acceptors (Lipinski definition) is 4. The van der Waals surface area contributed by atoms with E-state index in [2.05, 4.69) is 5.10 Å². The number of aromatic nitrogens is 2. The summed E-state index contributed by atoms with van der Waals surface area (Å²) in [6.45, 7) is 2.71. The average Bonchev–Trinajstić information content (AvgIpc) is 3.31. The van der Waals surface area contributed by atoms with Crippen LogP contribution in [-0.4, -0.2) is 44.8 Å². The molecule has 6 nitrogen and oxygen atoms in total. The number of benzene rings is 1. The number of likely N-dealkylation sites (tertiary alicyclic amines) is 1. The molecule has 3 aromatic rings. The molecule has 3 heterocycles. The fraction of sp³-hybridized carbons (Fsp3) is 0.278. The molecule has 1 aliphatic heterocycles. The zero-order chi connectivity index (χ0) is 17.6. The zero-order valence-electron chi connectivity index (χ0n) is 13.7. The van der Waals surface area contributed by atoms with Crippen LogP contribution in [0.3, 0.4) is 0 Å². The topological polar surface area (TPSA) is 75.4 Å². The molecule has 1 aromatic carbocycles. The minimum Gasteiger partial charge on any atom is -0.481 e. The monoisotopic (exact) mass is 355 g/mol. The highest BCUT2D eigenvalue weighted by Gasteiger charge is 2.32. The van der Waals surface area contributed by atoms with E-state index in [1.807, 2.05) is 48.0 Å². The SMILES string of the molecule is Cc1nn(-c2ccccc2)c2sc(C(=O)N3CCC(C(=O)O)C3)cc12. The van der Waals surface area contributed by atoms with Gasteiger partial charge >= 0.3 is 5.97 Å². The first kappa shape index (κ1) is 15.8. The molecule has 1 N–H and O–H groups in total. The molecule has 0 saturated carbocycles. The lowest BCUT2D eigenvalue weighted by Crippen LogP contribution is -2.29. The van der Waals surface area contributed by atoms with Gasteiger partial charge in [0.05, 0.1) is 22.2 Å². The lowest BCUT2D eigenvalue weighted by Gasteiger charge is -2.14. The molecule has 1 amide bonds. The molecular weight excluding hydrogens is 338 g/mol. The Morgan fingerprint density at radius 3 is 2.72 bits per heavy atom. The molecule has 1 fully saturated rings. The molecule has 1 unspecified atom stereocenters. The number of thiophene rings is 1. The smallest absolute Gasteiger partial charge is 0.308 e. The molecule has 2 aromatic heterocycles. The van der Waals surface area contributed by atoms with E-state index < -0.39 is 11.9 Å². The number of amides is 1. The number of rotatable bonds is 3. The minimum absolute atomic E-state index is 0.0936. The van der Waals surface area contributed by atoms with Gasteiger partial charge in [0.1, 0.15) is 4.83 Å². The second-order valence-corrected chi connectivity index (χ2v) is 7.27. The number of carboxylic acid groups (broad SMARTS) is 1. The van der Waals surface area contributed by atoms with E-state index in [9.17, 15) is 9.59 Å². The summed E-state index contributed by atoms with van der Waals surface area (Å²) in [6, 6.07) is 11.7. The summed E-state index contributed by atoms with van der Waals surface area (Å²) in [6.07, 6.45) is 0.517. The number of hydrogen-bond donors (Lipinski definition) is 1. The molecule has 128 valence electrons. The second-order valence-electron chi connectivity index (χ2n) is 6.24. The molecule has 1 aliphatic rings. The van der Waals surface area contributed by atoms with Crippen LogP contribution in [0.2, 0.25) is 0 Å². The number of carbonyl (C=O) groups is 2. The summed E-state index contributed by atoms with van der Waals surface area (Å²) in [4.78, 5) is 27.1. The first-order chi connectivity index (χ1) is 12.0. The normalized spacial score (nSPS) is 17.3. The fourth-order valence-electron chi connectivity index (χ4n) is 3.20. The van der Waals surface area contributed by atoms with Gasteiger partial charge in [-0.3, -0.25) is 9.59 Å². The molecule has 25 heavy (non-hydrogen) atoms. The van der Waals surface area contributed by atoms with E-state index in [1.54, 1.807) is 4.90 Å². The maximum atomic E-state index is 12.8. The standard InChI is InChI=1S/C18H17N3O3S/c1-11-14-9-15(16(22)20-8-7-12(10-20)18(23)24)25-17(14)21(19-11)13-5-3-2-4-6-13/h2-6,9,12H,7-8,10H2,1H3,(H,23,24). The van der Waals surface area contributed by atoms with E-state index in [-0.39, 0.29) is 12.5 Å². The lowest BCUT2D eigenvalue weighted by molar-refractivity contribution is -0.141. The first-order valence-corrected chi connectivity index (χ1v) is 8.93. The molecule has 7 heteroatoms. The van der Waals surface area contributed by atoms with Crippen LogP contribution < -0.4 is 0 Å². The van der Waals surface area contributed by atoms with Crippen molar-refractivity contribution in [1.82, 2.24) is 14.7 Å². The van der Waals surface area contributed by atoms with E-state index >= 15 is 0 Å². The van der Waals surface area contributed by atoms with Crippen LogP contribution >= 0.6 is 11.3 Å². The van der Waals surface area contributed by atoms with Crippen molar-refractivity contribution in [3.8, 4) is 5.69 Å². The van der Waals surface area contributed by atoms with Gasteiger partial charge in [-0.15, -0.1) is 11.3 Å². The molecule has 1 saturated heterocycles. The Bertz CT molecular complexity index is 961. The number of aliphatic carboxylic acids is 1. The highest BCUT2D eigenvalue weighted by Crippen LogP contribution is 2.32. The number of aryl methyl sites for hydroxylation is 1. The van der Waals surface area contributed by atoms with Crippen molar-refractivity contribution in [2.24, 2.45) is 5.92 Å². The predicted molar refractivity (Wildman–Crippen MR) is 95.3 cm³/mol. The van der Waals surface area contributed by atoms with Crippen LogP contribution in [0.4, 0.5) is 0 Å². The van der Waals surface area contributed by atoms with Gasteiger partial charge in [0.2, 0.25) is 0 Å². The molecular formula is C18H17N3O3S. The predicted octanol–water partition coefficient (Wildman–Crippen LogP) is 2.94. The molecule has 0 radical (unpaired) electrons. The summed E-state index contributed by atoms with van der Waals surface area (Å²) < 4.78 is 1.86. The van der Waals surface area contributed by atoms with Crippen LogP contribution in [0.1, 0.15) is 21.8 Å². The first-order valence-electron chi connectivity index (χ1n) is 8.11. The molecule has 1 atom stereocenters. The van der Waals surface area contributed by atoms with Crippen molar-refractivity contribution >= 4 is 33.4 Å². The highest BCUT2D eigenvalue weighted by molar-refractivity contribution is 7.20. The Kier molecular flexibility index (Phi) is 3.80. The molecule has 0 bridgehead atoms. The van der Waals surface area contributed by atoms with Gasteiger partial charge in [-0.05, 0) is 31.5 Å². The summed E-state index contributed by atoms with van der Waals surface area (Å²) in [5.74, 6) is -1.38. The van der Waals surface area contributed by atoms with Crippen LogP contribution in [0.5, 0.6) is 0 Å². The van der Waals surface area contributed by atoms with E-state index in [0.29, 0.717) is 17.8 Å². The van der Waals surface area contributed by atoms with Crippen molar-refractivity contribution in [2.75, 3.05) is 13.1 Å². The van der Waals surface area contributed by atoms with Crippen LogP contribution in [0.15, 0.2) is 36.4 Å². The number of nitrogens with zero attached hydrogens (tertiary/aromatic N) is 3.